The van der Waals surface area contributed by atoms with Gasteiger partial charge in [0.1, 0.15) is 0 Å². The maximum atomic E-state index is 3.99. The molecule has 0 radical (unpaired) electrons. The van der Waals surface area contributed by atoms with E-state index in [-0.39, 0.29) is 0 Å². The number of thioether (sulfide) groups is 1. The Balaban J connectivity index is 2.63. The molecule has 1 aliphatic rings. The van der Waals surface area contributed by atoms with Crippen molar-refractivity contribution in [3.8, 4) is 0 Å². The van der Waals surface area contributed by atoms with Gasteiger partial charge in [0.15, 0.2) is 0 Å². The van der Waals surface area contributed by atoms with Gasteiger partial charge in [0.05, 0.1) is 5.04 Å². The maximum Gasteiger partial charge on any atom is 0.0927 e. The van der Waals surface area contributed by atoms with Crippen molar-refractivity contribution in [2.24, 2.45) is 10.2 Å². The zero-order chi connectivity index (χ0) is 6.69. The largest absolute Gasteiger partial charge is 0.160 e. The first-order valence-corrected chi connectivity index (χ1v) is 3.98. The predicted molar refractivity (Wildman–Crippen MR) is 43.3 cm³/mol. The minimum absolute atomic E-state index is 1.07. The monoisotopic (exact) mass is 142 g/mol. The number of hydrogen-bond donors (Lipinski definition) is 0. The summed E-state index contributed by atoms with van der Waals surface area (Å²) in [4.78, 5) is 0. The van der Waals surface area contributed by atoms with Crippen LogP contribution >= 0.6 is 11.8 Å². The Kier molecular flexibility index (Phi) is 2.28. The fourth-order valence-electron chi connectivity index (χ4n) is 0.581. The van der Waals surface area contributed by atoms with Crippen molar-refractivity contribution in [1.29, 1.82) is 0 Å². The van der Waals surface area contributed by atoms with Gasteiger partial charge in [-0.3, -0.25) is 0 Å². The second-order valence-corrected chi connectivity index (χ2v) is 3.34. The van der Waals surface area contributed by atoms with E-state index in [0.29, 0.717) is 0 Å². The van der Waals surface area contributed by atoms with E-state index in [1.54, 1.807) is 11.8 Å². The quantitative estimate of drug-likeness (QED) is 0.507. The molecule has 0 aromatic heterocycles. The summed E-state index contributed by atoms with van der Waals surface area (Å²) in [5, 5.41) is 9.04. The third-order valence-corrected chi connectivity index (χ3v) is 2.04. The van der Waals surface area contributed by atoms with Gasteiger partial charge in [-0.05, 0) is 20.3 Å². The lowest BCUT2D eigenvalue weighted by Gasteiger charge is -1.90. The standard InChI is InChI=1S/C6H10N2S/c1-5-3-4-9-6(2)8-7-5/h3-4H2,1-2H3. The molecule has 0 aliphatic carbocycles. The molecule has 0 aromatic rings. The number of hydrogen-bond acceptors (Lipinski definition) is 3. The van der Waals surface area contributed by atoms with Crippen LogP contribution in [0.5, 0.6) is 0 Å². The Labute approximate surface area is 59.4 Å². The van der Waals surface area contributed by atoms with Gasteiger partial charge in [0.2, 0.25) is 0 Å². The molecule has 0 aromatic carbocycles. The second kappa shape index (κ2) is 3.01. The van der Waals surface area contributed by atoms with E-state index in [0.717, 1.165) is 22.9 Å². The minimum Gasteiger partial charge on any atom is -0.160 e. The summed E-state index contributed by atoms with van der Waals surface area (Å²) >= 11 is 1.78. The van der Waals surface area contributed by atoms with Crippen molar-refractivity contribution in [2.75, 3.05) is 5.75 Å². The van der Waals surface area contributed by atoms with E-state index in [1.807, 2.05) is 13.8 Å². The van der Waals surface area contributed by atoms with Gasteiger partial charge in [0.25, 0.3) is 0 Å². The van der Waals surface area contributed by atoms with Gasteiger partial charge < -0.3 is 0 Å². The van der Waals surface area contributed by atoms with Crippen LogP contribution in [0.3, 0.4) is 0 Å². The highest BCUT2D eigenvalue weighted by Gasteiger charge is 1.99. The molecule has 0 saturated carbocycles. The average molecular weight is 142 g/mol. The molecule has 1 rings (SSSR count). The number of nitrogens with zero attached hydrogens (tertiary/aromatic N) is 2. The Bertz CT molecular complexity index is 142. The maximum absolute atomic E-state index is 3.99. The fourth-order valence-corrected chi connectivity index (χ4v) is 1.37. The van der Waals surface area contributed by atoms with Crippen LogP contribution < -0.4 is 0 Å². The molecule has 1 heterocycles. The van der Waals surface area contributed by atoms with Gasteiger partial charge >= 0.3 is 0 Å². The highest BCUT2D eigenvalue weighted by Crippen LogP contribution is 2.10. The molecule has 0 bridgehead atoms. The lowest BCUT2D eigenvalue weighted by atomic mass is 10.3. The molecule has 9 heavy (non-hydrogen) atoms. The summed E-state index contributed by atoms with van der Waals surface area (Å²) in [5.41, 5.74) is 1.14. The zero-order valence-corrected chi connectivity index (χ0v) is 6.53. The second-order valence-electron chi connectivity index (χ2n) is 2.05. The first-order valence-electron chi connectivity index (χ1n) is 2.99. The first-order chi connectivity index (χ1) is 4.29. The molecular formula is C6H10N2S. The van der Waals surface area contributed by atoms with Crippen LogP contribution in [-0.2, 0) is 0 Å². The summed E-state index contributed by atoms with van der Waals surface area (Å²) in [6.45, 7) is 4.01. The van der Waals surface area contributed by atoms with E-state index < -0.39 is 0 Å². The molecule has 50 valence electrons. The van der Waals surface area contributed by atoms with Crippen LogP contribution in [-0.4, -0.2) is 16.5 Å². The van der Waals surface area contributed by atoms with Gasteiger partial charge in [-0.15, -0.1) is 16.9 Å². The van der Waals surface area contributed by atoms with Crippen molar-refractivity contribution in [1.82, 2.24) is 0 Å². The van der Waals surface area contributed by atoms with Crippen LogP contribution in [0.25, 0.3) is 0 Å². The predicted octanol–water partition coefficient (Wildman–Crippen LogP) is 1.92. The van der Waals surface area contributed by atoms with E-state index in [9.17, 15) is 0 Å². The van der Waals surface area contributed by atoms with Crippen molar-refractivity contribution in [2.45, 2.75) is 20.3 Å². The van der Waals surface area contributed by atoms with Crippen molar-refractivity contribution in [3.63, 3.8) is 0 Å². The Morgan fingerprint density at radius 2 is 2.11 bits per heavy atom. The van der Waals surface area contributed by atoms with Crippen LogP contribution in [0.4, 0.5) is 0 Å². The van der Waals surface area contributed by atoms with Gasteiger partial charge in [-0.25, -0.2) is 0 Å². The molecule has 2 nitrogen and oxygen atoms in total. The molecule has 0 spiro atoms. The highest BCUT2D eigenvalue weighted by molar-refractivity contribution is 8.13. The van der Waals surface area contributed by atoms with E-state index >= 15 is 0 Å². The molecule has 0 N–H and O–H groups in total. The highest BCUT2D eigenvalue weighted by atomic mass is 32.2. The molecule has 0 unspecified atom stereocenters. The van der Waals surface area contributed by atoms with Crippen molar-refractivity contribution < 1.29 is 0 Å². The minimum atomic E-state index is 1.07. The van der Waals surface area contributed by atoms with Crippen molar-refractivity contribution >= 4 is 22.5 Å². The van der Waals surface area contributed by atoms with Crippen LogP contribution in [0.1, 0.15) is 20.3 Å². The molecule has 0 atom stereocenters. The summed E-state index contributed by atoms with van der Waals surface area (Å²) < 4.78 is 0. The molecule has 0 amide bonds. The SMILES string of the molecule is CC1=NN=C(C)SCC1. The molecule has 1 aliphatic heterocycles. The Hall–Kier alpha value is -0.310. The lowest BCUT2D eigenvalue weighted by Crippen LogP contribution is -1.90. The van der Waals surface area contributed by atoms with E-state index in [2.05, 4.69) is 10.2 Å². The third-order valence-electron chi connectivity index (χ3n) is 1.14. The smallest absolute Gasteiger partial charge is 0.0927 e. The number of rotatable bonds is 0. The van der Waals surface area contributed by atoms with Crippen LogP contribution in [0.15, 0.2) is 10.2 Å². The fraction of sp³-hybridized carbons (Fsp3) is 0.667. The summed E-state index contributed by atoms with van der Waals surface area (Å²) in [6, 6.07) is 0. The summed E-state index contributed by atoms with van der Waals surface area (Å²) in [6.07, 6.45) is 1.07. The van der Waals surface area contributed by atoms with Gasteiger partial charge in [-0.2, -0.15) is 5.10 Å². The molecule has 3 heteroatoms. The Morgan fingerprint density at radius 1 is 1.33 bits per heavy atom. The van der Waals surface area contributed by atoms with Gasteiger partial charge in [-0.1, -0.05) is 0 Å². The van der Waals surface area contributed by atoms with Crippen LogP contribution in [0, 0.1) is 0 Å². The van der Waals surface area contributed by atoms with Crippen LogP contribution in [0.2, 0.25) is 0 Å². The van der Waals surface area contributed by atoms with E-state index in [1.165, 1.54) is 0 Å². The van der Waals surface area contributed by atoms with Crippen molar-refractivity contribution in [3.05, 3.63) is 0 Å². The Morgan fingerprint density at radius 3 is 2.89 bits per heavy atom. The van der Waals surface area contributed by atoms with E-state index in [4.69, 9.17) is 0 Å². The summed E-state index contributed by atoms with van der Waals surface area (Å²) in [5.74, 6) is 1.13. The topological polar surface area (TPSA) is 24.7 Å². The first kappa shape index (κ1) is 6.81. The third kappa shape index (κ3) is 2.18. The normalized spacial score (nSPS) is 20.2. The summed E-state index contributed by atoms with van der Waals surface area (Å²) in [7, 11) is 0. The molecule has 0 fully saturated rings. The van der Waals surface area contributed by atoms with Gasteiger partial charge in [0, 0.05) is 11.5 Å². The molecule has 0 saturated heterocycles. The lowest BCUT2D eigenvalue weighted by molar-refractivity contribution is 1.18. The molecular weight excluding hydrogens is 132 g/mol. The average Bonchev–Trinajstić information content (AvgIpc) is 1.97. The zero-order valence-electron chi connectivity index (χ0n) is 5.72.